The number of anilines is 2. The average Bonchev–Trinajstić information content (AvgIpc) is 3.12. The van der Waals surface area contributed by atoms with E-state index in [4.69, 9.17) is 14.2 Å². The predicted molar refractivity (Wildman–Crippen MR) is 128 cm³/mol. The number of aromatic nitrogens is 2. The second-order valence-electron chi connectivity index (χ2n) is 8.33. The largest absolute Gasteiger partial charge is 0.504 e. The van der Waals surface area contributed by atoms with Gasteiger partial charge in [-0.3, -0.25) is 14.6 Å². The van der Waals surface area contributed by atoms with Gasteiger partial charge in [0.1, 0.15) is 11.7 Å². The van der Waals surface area contributed by atoms with Crippen molar-refractivity contribution in [3.05, 3.63) is 63.4 Å². The van der Waals surface area contributed by atoms with Gasteiger partial charge in [-0.15, -0.1) is 0 Å². The molecule has 0 saturated carbocycles. The Morgan fingerprint density at radius 3 is 2.81 bits per heavy atom. The van der Waals surface area contributed by atoms with E-state index in [-0.39, 0.29) is 34.4 Å². The van der Waals surface area contributed by atoms with Crippen molar-refractivity contribution < 1.29 is 24.1 Å². The standard InChI is InChI=1S/C25H23N5O6/c1-34-17-5-2-4-14(21(17)31)19-15(11-26)23(32)28-22-20(19)24(33)30-25(29-22)27-12-13-6-7-16-18(10-13)36-9-3-8-35-16/h2,4-7,10,15,19,31H,3,8-9,12H2,1H3,(H3,27,28,29,30,32,33). The van der Waals surface area contributed by atoms with Crippen LogP contribution >= 0.6 is 0 Å². The van der Waals surface area contributed by atoms with E-state index < -0.39 is 23.3 Å². The zero-order valence-corrected chi connectivity index (χ0v) is 19.3. The predicted octanol–water partition coefficient (Wildman–Crippen LogP) is 2.48. The molecule has 0 aliphatic carbocycles. The minimum atomic E-state index is -1.25. The molecular weight excluding hydrogens is 466 g/mol. The molecule has 3 aromatic rings. The zero-order valence-electron chi connectivity index (χ0n) is 19.3. The molecule has 2 aliphatic rings. The molecule has 11 nitrogen and oxygen atoms in total. The molecular formula is C25H23N5O6. The van der Waals surface area contributed by atoms with Crippen molar-refractivity contribution >= 4 is 17.7 Å². The lowest BCUT2D eigenvalue weighted by molar-refractivity contribution is -0.119. The van der Waals surface area contributed by atoms with Crippen LogP contribution in [0.25, 0.3) is 0 Å². The number of rotatable bonds is 5. The molecule has 1 aromatic heterocycles. The SMILES string of the molecule is COc1cccc(C2c3c(nc(NCc4ccc5c(c4)OCCCO5)[nH]c3=O)NC(=O)C2C#N)c1O. The van der Waals surface area contributed by atoms with Crippen LogP contribution in [0, 0.1) is 17.2 Å². The Kier molecular flexibility index (Phi) is 6.08. The Morgan fingerprint density at radius 1 is 1.22 bits per heavy atom. The maximum atomic E-state index is 13.2. The van der Waals surface area contributed by atoms with Gasteiger partial charge in [0, 0.05) is 24.4 Å². The second kappa shape index (κ2) is 9.50. The first-order chi connectivity index (χ1) is 17.5. The molecule has 2 unspecified atom stereocenters. The topological polar surface area (TPSA) is 159 Å². The van der Waals surface area contributed by atoms with E-state index in [2.05, 4.69) is 20.6 Å². The maximum Gasteiger partial charge on any atom is 0.258 e. The number of amides is 1. The fourth-order valence-electron chi connectivity index (χ4n) is 4.39. The number of H-pyrrole nitrogens is 1. The number of para-hydroxylation sites is 1. The number of benzene rings is 2. The number of fused-ring (bicyclic) bond motifs is 2. The molecule has 0 saturated heterocycles. The summed E-state index contributed by atoms with van der Waals surface area (Å²) in [6.07, 6.45) is 0.801. The van der Waals surface area contributed by atoms with E-state index in [0.29, 0.717) is 31.3 Å². The lowest BCUT2D eigenvalue weighted by Gasteiger charge is -2.29. The first kappa shape index (κ1) is 23.0. The fraction of sp³-hybridized carbons (Fsp3) is 0.280. The summed E-state index contributed by atoms with van der Waals surface area (Å²) in [7, 11) is 1.39. The molecule has 2 aromatic carbocycles. The number of phenolic OH excluding ortho intramolecular Hbond substituents is 1. The van der Waals surface area contributed by atoms with Gasteiger partial charge in [-0.2, -0.15) is 10.2 Å². The number of aromatic amines is 1. The van der Waals surface area contributed by atoms with Gasteiger partial charge in [-0.1, -0.05) is 18.2 Å². The fourth-order valence-corrected chi connectivity index (χ4v) is 4.39. The Hall–Kier alpha value is -4.72. The van der Waals surface area contributed by atoms with Gasteiger partial charge in [0.15, 0.2) is 23.0 Å². The summed E-state index contributed by atoms with van der Waals surface area (Å²) in [6, 6.07) is 12.2. The number of methoxy groups -OCH3 is 1. The van der Waals surface area contributed by atoms with Crippen molar-refractivity contribution in [2.24, 2.45) is 5.92 Å². The van der Waals surface area contributed by atoms with E-state index in [9.17, 15) is 20.0 Å². The summed E-state index contributed by atoms with van der Waals surface area (Å²) >= 11 is 0. The zero-order chi connectivity index (χ0) is 25.2. The Labute approximate surface area is 205 Å². The summed E-state index contributed by atoms with van der Waals surface area (Å²) in [4.78, 5) is 33.0. The average molecular weight is 489 g/mol. The van der Waals surface area contributed by atoms with Gasteiger partial charge >= 0.3 is 0 Å². The molecule has 0 bridgehead atoms. The summed E-state index contributed by atoms with van der Waals surface area (Å²) in [5.74, 6) is -1.52. The van der Waals surface area contributed by atoms with Gasteiger partial charge in [0.05, 0.1) is 32.0 Å². The van der Waals surface area contributed by atoms with Crippen LogP contribution < -0.4 is 30.4 Å². The highest BCUT2D eigenvalue weighted by Crippen LogP contribution is 2.44. The quantitative estimate of drug-likeness (QED) is 0.422. The smallest absolute Gasteiger partial charge is 0.258 e. The molecule has 36 heavy (non-hydrogen) atoms. The van der Waals surface area contributed by atoms with Crippen molar-refractivity contribution in [2.75, 3.05) is 31.0 Å². The lowest BCUT2D eigenvalue weighted by atomic mass is 9.78. The Morgan fingerprint density at radius 2 is 2.03 bits per heavy atom. The van der Waals surface area contributed by atoms with Gasteiger partial charge in [0.25, 0.3) is 5.56 Å². The van der Waals surface area contributed by atoms with Crippen LogP contribution in [0.5, 0.6) is 23.0 Å². The van der Waals surface area contributed by atoms with Crippen LogP contribution in [0.3, 0.4) is 0 Å². The third-order valence-electron chi connectivity index (χ3n) is 6.12. The first-order valence-electron chi connectivity index (χ1n) is 11.3. The molecule has 5 rings (SSSR count). The van der Waals surface area contributed by atoms with Crippen molar-refractivity contribution in [3.8, 4) is 29.1 Å². The van der Waals surface area contributed by atoms with Crippen molar-refractivity contribution in [1.82, 2.24) is 9.97 Å². The van der Waals surface area contributed by atoms with E-state index in [1.807, 2.05) is 24.3 Å². The molecule has 184 valence electrons. The molecule has 2 aliphatic heterocycles. The highest BCUT2D eigenvalue weighted by atomic mass is 16.5. The monoisotopic (exact) mass is 489 g/mol. The number of nitrogens with one attached hydrogen (secondary N) is 3. The highest BCUT2D eigenvalue weighted by Gasteiger charge is 2.41. The molecule has 3 heterocycles. The number of nitrogens with zero attached hydrogens (tertiary/aromatic N) is 2. The normalized spacial score (nSPS) is 18.3. The van der Waals surface area contributed by atoms with E-state index in [1.165, 1.54) is 7.11 Å². The summed E-state index contributed by atoms with van der Waals surface area (Å²) < 4.78 is 16.5. The van der Waals surface area contributed by atoms with Crippen LogP contribution in [0.1, 0.15) is 29.0 Å². The second-order valence-corrected chi connectivity index (χ2v) is 8.33. The third kappa shape index (κ3) is 4.13. The number of aromatic hydroxyl groups is 1. The van der Waals surface area contributed by atoms with Crippen molar-refractivity contribution in [1.29, 1.82) is 5.26 Å². The maximum absolute atomic E-state index is 13.2. The van der Waals surface area contributed by atoms with E-state index >= 15 is 0 Å². The van der Waals surface area contributed by atoms with E-state index in [0.717, 1.165) is 12.0 Å². The first-order valence-corrected chi connectivity index (χ1v) is 11.3. The molecule has 0 spiro atoms. The van der Waals surface area contributed by atoms with Gasteiger partial charge in [-0.05, 0) is 23.8 Å². The number of nitriles is 1. The molecule has 11 heteroatoms. The van der Waals surface area contributed by atoms with Gasteiger partial charge < -0.3 is 30.0 Å². The van der Waals surface area contributed by atoms with Crippen LogP contribution in [-0.2, 0) is 11.3 Å². The summed E-state index contributed by atoms with van der Waals surface area (Å²) in [5.41, 5.74) is 0.615. The number of hydrogen-bond acceptors (Lipinski definition) is 9. The van der Waals surface area contributed by atoms with Crippen LogP contribution in [0.15, 0.2) is 41.2 Å². The van der Waals surface area contributed by atoms with Gasteiger partial charge in [0.2, 0.25) is 11.9 Å². The molecule has 0 radical (unpaired) electrons. The Bertz CT molecular complexity index is 1430. The lowest BCUT2D eigenvalue weighted by Crippen LogP contribution is -2.38. The highest BCUT2D eigenvalue weighted by molar-refractivity contribution is 5.98. The molecule has 2 atom stereocenters. The third-order valence-corrected chi connectivity index (χ3v) is 6.12. The molecule has 4 N–H and O–H groups in total. The van der Waals surface area contributed by atoms with E-state index in [1.54, 1.807) is 18.2 Å². The summed E-state index contributed by atoms with van der Waals surface area (Å²) in [6.45, 7) is 1.47. The minimum absolute atomic E-state index is 0.0173. The number of carbonyl (C=O) groups is 1. The number of phenols is 1. The molecule has 1 amide bonds. The number of hydrogen-bond donors (Lipinski definition) is 4. The Balaban J connectivity index is 1.47. The van der Waals surface area contributed by atoms with Crippen LogP contribution in [0.4, 0.5) is 11.8 Å². The van der Waals surface area contributed by atoms with Crippen LogP contribution in [0.2, 0.25) is 0 Å². The summed E-state index contributed by atoms with van der Waals surface area (Å²) in [5, 5.41) is 26.0. The minimum Gasteiger partial charge on any atom is -0.504 e. The van der Waals surface area contributed by atoms with Gasteiger partial charge in [-0.25, -0.2) is 0 Å². The van der Waals surface area contributed by atoms with Crippen molar-refractivity contribution in [3.63, 3.8) is 0 Å². The number of carbonyl (C=O) groups excluding carboxylic acids is 1. The van der Waals surface area contributed by atoms with Crippen molar-refractivity contribution in [2.45, 2.75) is 18.9 Å². The van der Waals surface area contributed by atoms with Crippen LogP contribution in [-0.4, -0.2) is 41.3 Å². The molecule has 0 fully saturated rings. The number of ether oxygens (including phenoxy) is 3.